The number of hydrogen-bond donors (Lipinski definition) is 19. The van der Waals surface area contributed by atoms with Crippen LogP contribution in [0.5, 0.6) is 57.5 Å². The van der Waals surface area contributed by atoms with Gasteiger partial charge in [-0.05, 0) is 183 Å². The minimum absolute atomic E-state index is 0.0624. The van der Waals surface area contributed by atoms with E-state index in [0.717, 1.165) is 86.7 Å². The number of fused-ring (bicyclic) bond motifs is 16. The van der Waals surface area contributed by atoms with E-state index in [1.165, 1.54) is 49.5 Å². The number of rotatable bonds is 22. The molecule has 6 aromatic carbocycles. The van der Waals surface area contributed by atoms with Gasteiger partial charge in [-0.1, -0.05) is 69.1 Å². The van der Waals surface area contributed by atoms with Crippen LogP contribution in [0, 0.1) is 29.6 Å². The summed E-state index contributed by atoms with van der Waals surface area (Å²) >= 11 is 14.4. The minimum Gasteiger partial charge on any atom is -0.508 e. The second-order valence-corrected chi connectivity index (χ2v) is 33.2. The molecule has 0 spiro atoms. The lowest BCUT2D eigenvalue weighted by atomic mass is 9.54. The van der Waals surface area contributed by atoms with Crippen molar-refractivity contribution in [3.05, 3.63) is 140 Å². The Kier molecular flexibility index (Phi) is 27.0. The molecule has 6 aromatic rings. The van der Waals surface area contributed by atoms with Crippen molar-refractivity contribution in [2.75, 3.05) is 53.0 Å². The maximum absolute atomic E-state index is 16.6. The summed E-state index contributed by atoms with van der Waals surface area (Å²) in [4.78, 5) is 152. The first kappa shape index (κ1) is 88.0. The van der Waals surface area contributed by atoms with Crippen LogP contribution in [0.15, 0.2) is 97.1 Å². The third-order valence-electron chi connectivity index (χ3n) is 23.4. The number of phenols is 3. The number of aliphatic hydroxyl groups is 4. The number of carbonyl (C=O) groups is 10. The monoisotopic (exact) mass is 1740 g/mol. The van der Waals surface area contributed by atoms with Gasteiger partial charge in [0.1, 0.15) is 120 Å². The Morgan fingerprint density at radius 3 is 1.82 bits per heavy atom. The van der Waals surface area contributed by atoms with Crippen LogP contribution >= 0.6 is 23.2 Å². The van der Waals surface area contributed by atoms with Gasteiger partial charge in [-0.25, -0.2) is 4.79 Å². The van der Waals surface area contributed by atoms with E-state index in [-0.39, 0.29) is 117 Å². The summed E-state index contributed by atoms with van der Waals surface area (Å²) in [7, 11) is 1.48. The molecule has 14 atom stereocenters. The molecule has 4 aliphatic carbocycles. The standard InChI is InChI=1S/C85H98Cl2N12O24/c1-6-89-14-16-117-47-24-45(25-48(33-47)118-17-15-90-7-2)76(108)93-62(103)34-54-78(110)95-66-44-29-59(119-57-12-9-40(27-51(57)86)70(104)68(82(114)92-54)98-77(109)53(88-5)18-36(3)4)74(122-84-73(107)72(106)75-61(121-84)35-91-85(116)123-75)60(30-44)120-58-13-10-41(28-52(58)87)71(105)69-83(115)97-67(81(113)94-64-42-20-37-19-38(22-42)23-43(64)21-37)50-31-46(100)32-56(102)63(50)49-26-39(8-11-55(49)101)65(79(111)99-69)96-80(66)112/h8-13,24-33,36-38,42-43,53-54,61,64-73,75,84,88-90,100-102,104-107H,6-7,14-23,34-35H2,1-5H3,(H,91,116)(H,92,114)(H,94,113)(H,95,110)(H,96,112)(H,97,115)(H,98,109)(H,99,111)(H,93,103,108)/t37?,38?,42?,43?,53-,54+,61-,64?,65-,66-,67+,68-,69+,70-,71-,72-,73-,75-,84+/m1/s1. The molecule has 19 N–H and O–H groups in total. The van der Waals surface area contributed by atoms with Crippen molar-refractivity contribution in [1.82, 2.24) is 63.8 Å². The van der Waals surface area contributed by atoms with E-state index >= 15 is 28.8 Å². The molecule has 2 saturated heterocycles. The molecule has 15 bridgehead atoms. The first-order chi connectivity index (χ1) is 58.9. The molecule has 10 amide bonds. The average Bonchev–Trinajstić information content (AvgIpc) is 0.758. The van der Waals surface area contributed by atoms with Crippen molar-refractivity contribution in [1.29, 1.82) is 0 Å². The average molecular weight is 1740 g/mol. The smallest absolute Gasteiger partial charge is 0.407 e. The van der Waals surface area contributed by atoms with Gasteiger partial charge < -0.3 is 127 Å². The molecule has 0 radical (unpaired) electrons. The Morgan fingerprint density at radius 1 is 0.610 bits per heavy atom. The number of likely N-dealkylation sites (N-methyl/N-ethyl adjacent to an activating group) is 3. The summed E-state index contributed by atoms with van der Waals surface area (Å²) in [5.41, 5.74) is -2.38. The van der Waals surface area contributed by atoms with Crippen LogP contribution in [0.2, 0.25) is 10.0 Å². The number of imide groups is 1. The predicted octanol–water partition coefficient (Wildman–Crippen LogP) is 3.93. The predicted molar refractivity (Wildman–Crippen MR) is 437 cm³/mol. The van der Waals surface area contributed by atoms with Crippen LogP contribution in [0.3, 0.4) is 0 Å². The summed E-state index contributed by atoms with van der Waals surface area (Å²) < 4.78 is 43.4. The van der Waals surface area contributed by atoms with E-state index in [4.69, 9.17) is 56.4 Å². The van der Waals surface area contributed by atoms with Gasteiger partial charge >= 0.3 is 6.09 Å². The molecule has 656 valence electrons. The molecular formula is C85H98Cl2N12O24. The lowest BCUT2D eigenvalue weighted by molar-refractivity contribution is -0.275. The van der Waals surface area contributed by atoms with Crippen LogP contribution < -0.4 is 87.5 Å². The number of ether oxygens (including phenoxy) is 7. The number of carbonyl (C=O) groups excluding carboxylic acids is 10. The molecule has 6 fully saturated rings. The maximum Gasteiger partial charge on any atom is 0.407 e. The van der Waals surface area contributed by atoms with Gasteiger partial charge in [-0.3, -0.25) is 48.5 Å². The SMILES string of the molecule is CCNCCOc1cc(OCCNCC)cc(C(=O)NC(=O)C[C@@H]2NC(=O)[C@H](NC(=O)[C@@H](CC(C)C)NC)[C@H](O)c3ccc(c(Cl)c3)Oc3cc4cc(c3O[C@@H]3O[C@@H]5CNC(=O)O[C@H]5[C@H](O)[C@H]3O)Oc3ccc(cc3Cl)[C@@H](O)[C@@H]3NC(=O)[C@H](NC(=O)[C@@H]4NC2=O)c2ccc(O)c(c2)-c2c(O)cc(O)cc2[C@@H](C(=O)NC2C4CC5CC(C4)CC2C5)NC3=O)c1. The van der Waals surface area contributed by atoms with Crippen molar-refractivity contribution < 1.29 is 117 Å². The summed E-state index contributed by atoms with van der Waals surface area (Å²) in [5, 5.41) is 117. The molecule has 17 rings (SSSR count). The molecule has 7 heterocycles. The number of hydrogen-bond acceptors (Lipinski definition) is 27. The summed E-state index contributed by atoms with van der Waals surface area (Å²) in [6.45, 7) is 9.43. The van der Waals surface area contributed by atoms with Gasteiger partial charge in [0.15, 0.2) is 17.6 Å². The largest absolute Gasteiger partial charge is 0.508 e. The first-order valence-corrected chi connectivity index (χ1v) is 41.6. The van der Waals surface area contributed by atoms with Crippen molar-refractivity contribution in [3.63, 3.8) is 0 Å². The maximum atomic E-state index is 16.6. The summed E-state index contributed by atoms with van der Waals surface area (Å²) in [6.07, 6.45) is -10.6. The van der Waals surface area contributed by atoms with Crippen molar-refractivity contribution in [3.8, 4) is 68.6 Å². The zero-order chi connectivity index (χ0) is 87.5. The highest BCUT2D eigenvalue weighted by molar-refractivity contribution is 6.32. The number of aromatic hydroxyl groups is 3. The van der Waals surface area contributed by atoms with Crippen LogP contribution in [0.25, 0.3) is 11.1 Å². The fourth-order valence-corrected chi connectivity index (χ4v) is 18.0. The molecule has 123 heavy (non-hydrogen) atoms. The van der Waals surface area contributed by atoms with Crippen LogP contribution in [-0.4, -0.2) is 209 Å². The minimum atomic E-state index is -2.40. The number of nitrogens with one attached hydrogen (secondary N) is 12. The highest BCUT2D eigenvalue weighted by atomic mass is 35.5. The van der Waals surface area contributed by atoms with Gasteiger partial charge in [0.2, 0.25) is 59.3 Å². The molecule has 0 unspecified atom stereocenters. The Bertz CT molecular complexity index is 5020. The van der Waals surface area contributed by atoms with Gasteiger partial charge in [-0.15, -0.1) is 0 Å². The van der Waals surface area contributed by atoms with E-state index in [1.807, 2.05) is 27.7 Å². The number of alkyl carbamates (subject to hydrolysis) is 1. The molecule has 0 aromatic heterocycles. The van der Waals surface area contributed by atoms with Crippen LogP contribution in [-0.2, 0) is 47.8 Å². The topological polar surface area (TPSA) is 521 Å². The van der Waals surface area contributed by atoms with Gasteiger partial charge in [0, 0.05) is 48.0 Å². The fourth-order valence-electron chi connectivity index (χ4n) is 17.6. The number of phenolic OH excluding ortho intramolecular Hbond substituents is 3. The summed E-state index contributed by atoms with van der Waals surface area (Å²) in [5.74, 6) is -14.3. The number of amides is 10. The van der Waals surface area contributed by atoms with Gasteiger partial charge in [0.05, 0.1) is 29.1 Å². The Labute approximate surface area is 715 Å². The number of benzene rings is 6. The van der Waals surface area contributed by atoms with Crippen molar-refractivity contribution in [2.24, 2.45) is 29.6 Å². The highest BCUT2D eigenvalue weighted by Gasteiger charge is 2.53. The van der Waals surface area contributed by atoms with Crippen LogP contribution in [0.4, 0.5) is 4.79 Å². The zero-order valence-electron chi connectivity index (χ0n) is 67.5. The Balaban J connectivity index is 0.940. The number of aliphatic hydroxyl groups excluding tert-OH is 4. The Hall–Kier alpha value is -11.3. The van der Waals surface area contributed by atoms with E-state index in [0.29, 0.717) is 38.0 Å². The third-order valence-corrected chi connectivity index (χ3v) is 24.0. The van der Waals surface area contributed by atoms with E-state index < -0.39 is 196 Å². The normalized spacial score (nSPS) is 27.3. The van der Waals surface area contributed by atoms with E-state index in [1.54, 1.807) is 0 Å². The molecule has 11 aliphatic rings. The lowest BCUT2D eigenvalue weighted by Crippen LogP contribution is -2.65. The van der Waals surface area contributed by atoms with E-state index in [2.05, 4.69) is 63.8 Å². The van der Waals surface area contributed by atoms with Gasteiger partial charge in [0.25, 0.3) is 5.91 Å². The zero-order valence-corrected chi connectivity index (χ0v) is 69.0. The quantitative estimate of drug-likeness (QED) is 0.0428. The molecule has 7 aliphatic heterocycles. The highest BCUT2D eigenvalue weighted by Crippen LogP contribution is 2.55. The van der Waals surface area contributed by atoms with Crippen LogP contribution in [0.1, 0.15) is 141 Å². The van der Waals surface area contributed by atoms with Crippen molar-refractivity contribution >= 4 is 82.5 Å². The Morgan fingerprint density at radius 2 is 1.21 bits per heavy atom. The molecule has 4 saturated carbocycles. The lowest BCUT2D eigenvalue weighted by Gasteiger charge is -2.54. The fraction of sp³-hybridized carbons (Fsp3) is 0.459. The first-order valence-electron chi connectivity index (χ1n) is 40.9. The summed E-state index contributed by atoms with van der Waals surface area (Å²) in [6, 6.07) is 4.19. The van der Waals surface area contributed by atoms with Crippen molar-refractivity contribution in [2.45, 2.75) is 164 Å². The van der Waals surface area contributed by atoms with E-state index in [9.17, 15) is 54.9 Å². The molecule has 36 nitrogen and oxygen atoms in total. The molecular weight excluding hydrogens is 1640 g/mol. The molecule has 38 heteroatoms. The van der Waals surface area contributed by atoms with Gasteiger partial charge in [-0.2, -0.15) is 0 Å². The second-order valence-electron chi connectivity index (χ2n) is 32.4. The third kappa shape index (κ3) is 19.5. The second kappa shape index (κ2) is 37.8. The number of halogens is 2.